The third-order valence-corrected chi connectivity index (χ3v) is 7.13. The maximum Gasteiger partial charge on any atom is 0.221 e. The van der Waals surface area contributed by atoms with Gasteiger partial charge in [-0.1, -0.05) is 24.3 Å². The minimum absolute atomic E-state index is 0.0209. The highest BCUT2D eigenvalue weighted by Gasteiger charge is 2.25. The second-order valence-corrected chi connectivity index (χ2v) is 9.64. The standard InChI is InChI=1S/C23H29NO6S/c1-28-20-9-6-10-21(23(20)29-2)30-18-13-11-17(12-14-18)24-22(25)15-16-31(26,27)19-7-4-3-5-8-19/h3-10,17-18H,11-16H2,1-2H3,(H,24,25). The molecule has 0 aliphatic heterocycles. The van der Waals surface area contributed by atoms with Crippen LogP contribution in [0.15, 0.2) is 53.4 Å². The average molecular weight is 448 g/mol. The first-order valence-corrected chi connectivity index (χ1v) is 12.0. The van der Waals surface area contributed by atoms with Gasteiger partial charge in [0.1, 0.15) is 0 Å². The number of ether oxygens (including phenoxy) is 3. The molecule has 0 aromatic heterocycles. The smallest absolute Gasteiger partial charge is 0.221 e. The molecule has 1 aliphatic carbocycles. The third-order valence-electron chi connectivity index (χ3n) is 5.40. The van der Waals surface area contributed by atoms with Crippen LogP contribution in [0.5, 0.6) is 17.2 Å². The topological polar surface area (TPSA) is 90.9 Å². The molecule has 1 N–H and O–H groups in total. The number of amides is 1. The maximum atomic E-state index is 12.3. The number of methoxy groups -OCH3 is 2. The van der Waals surface area contributed by atoms with Crippen molar-refractivity contribution in [3.8, 4) is 17.2 Å². The van der Waals surface area contributed by atoms with Crippen molar-refractivity contribution in [3.63, 3.8) is 0 Å². The Morgan fingerprint density at radius 2 is 1.61 bits per heavy atom. The first-order chi connectivity index (χ1) is 14.9. The molecule has 3 rings (SSSR count). The number of nitrogens with one attached hydrogen (secondary N) is 1. The number of carbonyl (C=O) groups is 1. The Bertz CT molecular complexity index is 969. The van der Waals surface area contributed by atoms with E-state index in [2.05, 4.69) is 5.32 Å². The maximum absolute atomic E-state index is 12.3. The summed E-state index contributed by atoms with van der Waals surface area (Å²) in [4.78, 5) is 12.5. The number of benzene rings is 2. The van der Waals surface area contributed by atoms with E-state index in [1.165, 1.54) is 0 Å². The van der Waals surface area contributed by atoms with E-state index in [4.69, 9.17) is 14.2 Å². The molecule has 0 radical (unpaired) electrons. The van der Waals surface area contributed by atoms with Crippen molar-refractivity contribution in [3.05, 3.63) is 48.5 Å². The van der Waals surface area contributed by atoms with Gasteiger partial charge in [0.25, 0.3) is 0 Å². The fourth-order valence-electron chi connectivity index (χ4n) is 3.73. The van der Waals surface area contributed by atoms with E-state index in [0.29, 0.717) is 17.2 Å². The van der Waals surface area contributed by atoms with Crippen molar-refractivity contribution in [1.29, 1.82) is 0 Å². The van der Waals surface area contributed by atoms with Crippen LogP contribution in [0.4, 0.5) is 0 Å². The predicted octanol–water partition coefficient (Wildman–Crippen LogP) is 3.37. The number of para-hydroxylation sites is 1. The minimum Gasteiger partial charge on any atom is -0.493 e. The van der Waals surface area contributed by atoms with Crippen LogP contribution in [-0.4, -0.2) is 46.4 Å². The second-order valence-electron chi connectivity index (χ2n) is 7.53. The molecule has 2 aromatic carbocycles. The molecule has 0 bridgehead atoms. The zero-order valence-electron chi connectivity index (χ0n) is 17.9. The molecular weight excluding hydrogens is 418 g/mol. The zero-order valence-corrected chi connectivity index (χ0v) is 18.7. The van der Waals surface area contributed by atoms with Crippen molar-refractivity contribution in [1.82, 2.24) is 5.32 Å². The number of rotatable bonds is 9. The number of hydrogen-bond acceptors (Lipinski definition) is 6. The molecule has 1 amide bonds. The van der Waals surface area contributed by atoms with Gasteiger partial charge in [-0.05, 0) is 49.9 Å². The quantitative estimate of drug-likeness (QED) is 0.634. The van der Waals surface area contributed by atoms with Gasteiger partial charge >= 0.3 is 0 Å². The second kappa shape index (κ2) is 10.5. The molecule has 31 heavy (non-hydrogen) atoms. The Labute approximate surface area is 183 Å². The van der Waals surface area contributed by atoms with Crippen molar-refractivity contribution in [2.45, 2.75) is 49.1 Å². The van der Waals surface area contributed by atoms with E-state index in [-0.39, 0.29) is 35.1 Å². The Balaban J connectivity index is 1.46. The number of carbonyl (C=O) groups excluding carboxylic acids is 1. The van der Waals surface area contributed by atoms with Crippen molar-refractivity contribution >= 4 is 15.7 Å². The summed E-state index contributed by atoms with van der Waals surface area (Å²) < 4.78 is 41.5. The van der Waals surface area contributed by atoms with Gasteiger partial charge in [0.05, 0.1) is 31.0 Å². The van der Waals surface area contributed by atoms with Gasteiger partial charge in [-0.15, -0.1) is 0 Å². The van der Waals surface area contributed by atoms with Gasteiger partial charge in [-0.2, -0.15) is 0 Å². The summed E-state index contributed by atoms with van der Waals surface area (Å²) in [6.07, 6.45) is 3.09. The molecule has 1 aliphatic rings. The van der Waals surface area contributed by atoms with Crippen LogP contribution in [0.25, 0.3) is 0 Å². The van der Waals surface area contributed by atoms with E-state index >= 15 is 0 Å². The molecule has 0 heterocycles. The van der Waals surface area contributed by atoms with E-state index in [1.54, 1.807) is 44.6 Å². The van der Waals surface area contributed by atoms with Crippen molar-refractivity contribution < 1.29 is 27.4 Å². The molecular formula is C23H29NO6S. The van der Waals surface area contributed by atoms with E-state index < -0.39 is 9.84 Å². The first-order valence-electron chi connectivity index (χ1n) is 10.4. The molecule has 7 nitrogen and oxygen atoms in total. The van der Waals surface area contributed by atoms with Crippen molar-refractivity contribution in [2.75, 3.05) is 20.0 Å². The van der Waals surface area contributed by atoms with Crippen LogP contribution >= 0.6 is 0 Å². The minimum atomic E-state index is -3.45. The molecule has 0 unspecified atom stereocenters. The average Bonchev–Trinajstić information content (AvgIpc) is 2.79. The van der Waals surface area contributed by atoms with Crippen LogP contribution in [-0.2, 0) is 14.6 Å². The van der Waals surface area contributed by atoms with Gasteiger partial charge in [0.2, 0.25) is 11.7 Å². The summed E-state index contributed by atoms with van der Waals surface area (Å²) in [5, 5.41) is 2.96. The van der Waals surface area contributed by atoms with Crippen LogP contribution in [0.1, 0.15) is 32.1 Å². The molecule has 0 saturated heterocycles. The van der Waals surface area contributed by atoms with Crippen LogP contribution in [0.2, 0.25) is 0 Å². The summed E-state index contributed by atoms with van der Waals surface area (Å²) >= 11 is 0. The molecule has 1 fully saturated rings. The molecule has 1 saturated carbocycles. The third kappa shape index (κ3) is 6.13. The van der Waals surface area contributed by atoms with Crippen LogP contribution in [0.3, 0.4) is 0 Å². The zero-order chi connectivity index (χ0) is 22.3. The van der Waals surface area contributed by atoms with Crippen LogP contribution in [0, 0.1) is 0 Å². The van der Waals surface area contributed by atoms with Gasteiger partial charge in [0.15, 0.2) is 21.3 Å². The van der Waals surface area contributed by atoms with E-state index in [1.807, 2.05) is 18.2 Å². The number of hydrogen-bond donors (Lipinski definition) is 1. The summed E-state index contributed by atoms with van der Waals surface area (Å²) in [6, 6.07) is 13.8. The molecule has 8 heteroatoms. The van der Waals surface area contributed by atoms with Gasteiger partial charge in [-0.3, -0.25) is 4.79 Å². The Kier molecular flexibility index (Phi) is 7.79. The highest BCUT2D eigenvalue weighted by atomic mass is 32.2. The summed E-state index contributed by atoms with van der Waals surface area (Å²) in [6.45, 7) is 0. The summed E-state index contributed by atoms with van der Waals surface area (Å²) in [5.41, 5.74) is 0. The fraction of sp³-hybridized carbons (Fsp3) is 0.435. The lowest BCUT2D eigenvalue weighted by atomic mass is 9.93. The van der Waals surface area contributed by atoms with Crippen LogP contribution < -0.4 is 19.5 Å². The summed E-state index contributed by atoms with van der Waals surface area (Å²) in [5.74, 6) is 1.39. The lowest BCUT2D eigenvalue weighted by Crippen LogP contribution is -2.40. The van der Waals surface area contributed by atoms with Gasteiger partial charge in [0, 0.05) is 12.5 Å². The lowest BCUT2D eigenvalue weighted by molar-refractivity contribution is -0.121. The number of sulfone groups is 1. The first kappa shape index (κ1) is 22.9. The normalized spacial score (nSPS) is 18.8. The van der Waals surface area contributed by atoms with E-state index in [0.717, 1.165) is 25.7 Å². The Morgan fingerprint density at radius 3 is 2.26 bits per heavy atom. The predicted molar refractivity (Wildman–Crippen MR) is 117 cm³/mol. The summed E-state index contributed by atoms with van der Waals surface area (Å²) in [7, 11) is -0.292. The fourth-order valence-corrected chi connectivity index (χ4v) is 4.99. The molecule has 0 atom stereocenters. The molecule has 2 aromatic rings. The van der Waals surface area contributed by atoms with Gasteiger partial charge in [-0.25, -0.2) is 8.42 Å². The SMILES string of the molecule is COc1cccc(OC2CCC(NC(=O)CCS(=O)(=O)c3ccccc3)CC2)c1OC. The largest absolute Gasteiger partial charge is 0.493 e. The molecule has 0 spiro atoms. The van der Waals surface area contributed by atoms with E-state index in [9.17, 15) is 13.2 Å². The molecule has 168 valence electrons. The Morgan fingerprint density at radius 1 is 0.935 bits per heavy atom. The highest BCUT2D eigenvalue weighted by Crippen LogP contribution is 2.38. The Hall–Kier alpha value is -2.74. The monoisotopic (exact) mass is 447 g/mol. The highest BCUT2D eigenvalue weighted by molar-refractivity contribution is 7.91. The van der Waals surface area contributed by atoms with Gasteiger partial charge < -0.3 is 19.5 Å². The van der Waals surface area contributed by atoms with Crippen molar-refractivity contribution in [2.24, 2.45) is 0 Å². The lowest BCUT2D eigenvalue weighted by Gasteiger charge is -2.30.